The van der Waals surface area contributed by atoms with Gasteiger partial charge in [-0.25, -0.2) is 4.98 Å². The number of fused-ring (bicyclic) bond motifs is 1. The Bertz CT molecular complexity index is 532. The Morgan fingerprint density at radius 1 is 1.35 bits per heavy atom. The Morgan fingerprint density at radius 2 is 2.12 bits per heavy atom. The fraction of sp³-hybridized carbons (Fsp3) is 0.0769. The highest BCUT2D eigenvalue weighted by Gasteiger charge is 1.94. The fourth-order valence-electron chi connectivity index (χ4n) is 1.18. The second kappa shape index (κ2) is 7.77. The molecule has 0 radical (unpaired) electrons. The normalized spacial score (nSPS) is 8.94. The SMILES string of the molecule is C=CCSS.N#Cc1ccc2ccccc2n1. The van der Waals surface area contributed by atoms with Crippen LogP contribution in [0.1, 0.15) is 5.69 Å². The average molecular weight is 260 g/mol. The molecule has 2 nitrogen and oxygen atoms in total. The van der Waals surface area contributed by atoms with Crippen LogP contribution in [0.3, 0.4) is 0 Å². The molecule has 0 bridgehead atoms. The van der Waals surface area contributed by atoms with Crippen LogP contribution in [0.15, 0.2) is 49.1 Å². The number of pyridine rings is 1. The lowest BCUT2D eigenvalue weighted by Crippen LogP contribution is -1.82. The third-order valence-electron chi connectivity index (χ3n) is 1.91. The van der Waals surface area contributed by atoms with E-state index in [4.69, 9.17) is 5.26 Å². The first-order valence-corrected chi connectivity index (χ1v) is 6.98. The summed E-state index contributed by atoms with van der Waals surface area (Å²) in [6.45, 7) is 3.48. The van der Waals surface area contributed by atoms with Crippen molar-refractivity contribution >= 4 is 33.4 Å². The Morgan fingerprint density at radius 3 is 2.71 bits per heavy atom. The van der Waals surface area contributed by atoms with Crippen molar-refractivity contribution < 1.29 is 0 Å². The quantitative estimate of drug-likeness (QED) is 0.506. The Hall–Kier alpha value is -1.44. The molecule has 2 rings (SSSR count). The van der Waals surface area contributed by atoms with Crippen LogP contribution in [0.4, 0.5) is 0 Å². The van der Waals surface area contributed by atoms with E-state index in [1.165, 1.54) is 10.8 Å². The number of benzene rings is 1. The van der Waals surface area contributed by atoms with Crippen molar-refractivity contribution in [3.8, 4) is 6.07 Å². The molecular weight excluding hydrogens is 248 g/mol. The number of nitrogens with zero attached hydrogens (tertiary/aromatic N) is 2. The maximum Gasteiger partial charge on any atom is 0.141 e. The minimum absolute atomic E-state index is 0.466. The zero-order valence-corrected chi connectivity index (χ0v) is 10.9. The first-order chi connectivity index (χ1) is 8.31. The predicted molar refractivity (Wildman–Crippen MR) is 78.1 cm³/mol. The highest BCUT2D eigenvalue weighted by molar-refractivity contribution is 8.68. The molecule has 2 aromatic rings. The Balaban J connectivity index is 0.000000249. The maximum atomic E-state index is 8.58. The molecule has 17 heavy (non-hydrogen) atoms. The number of aromatic nitrogens is 1. The van der Waals surface area contributed by atoms with Crippen molar-refractivity contribution in [3.05, 3.63) is 54.7 Å². The smallest absolute Gasteiger partial charge is 0.141 e. The van der Waals surface area contributed by atoms with E-state index in [1.807, 2.05) is 42.5 Å². The lowest BCUT2D eigenvalue weighted by Gasteiger charge is -1.94. The van der Waals surface area contributed by atoms with Crippen molar-refractivity contribution in [2.24, 2.45) is 0 Å². The molecule has 4 heteroatoms. The number of thiol groups is 1. The van der Waals surface area contributed by atoms with E-state index in [9.17, 15) is 0 Å². The van der Waals surface area contributed by atoms with Gasteiger partial charge in [0, 0.05) is 11.1 Å². The number of nitriles is 1. The summed E-state index contributed by atoms with van der Waals surface area (Å²) in [4.78, 5) is 4.13. The molecule has 0 saturated heterocycles. The van der Waals surface area contributed by atoms with Crippen LogP contribution in [-0.4, -0.2) is 10.7 Å². The van der Waals surface area contributed by atoms with Gasteiger partial charge in [-0.15, -0.1) is 18.2 Å². The molecule has 0 aliphatic heterocycles. The monoisotopic (exact) mass is 260 g/mol. The third-order valence-corrected chi connectivity index (χ3v) is 2.74. The van der Waals surface area contributed by atoms with E-state index in [0.29, 0.717) is 5.69 Å². The van der Waals surface area contributed by atoms with E-state index < -0.39 is 0 Å². The summed E-state index contributed by atoms with van der Waals surface area (Å²) in [7, 11) is 1.48. The minimum atomic E-state index is 0.466. The second-order valence-electron chi connectivity index (χ2n) is 3.09. The van der Waals surface area contributed by atoms with E-state index >= 15 is 0 Å². The summed E-state index contributed by atoms with van der Waals surface area (Å²) < 4.78 is 0. The standard InChI is InChI=1S/C10H6N2.C3H6S2/c11-7-9-6-5-8-3-1-2-4-10(8)12-9;1-2-3-5-4/h1-6H;2,4H,1,3H2. The Kier molecular flexibility index (Phi) is 6.23. The van der Waals surface area contributed by atoms with Gasteiger partial charge in [-0.05, 0) is 18.2 Å². The summed E-state index contributed by atoms with van der Waals surface area (Å²) in [6, 6.07) is 13.4. The zero-order chi connectivity index (χ0) is 12.5. The van der Waals surface area contributed by atoms with E-state index in [1.54, 1.807) is 6.07 Å². The van der Waals surface area contributed by atoms with Crippen LogP contribution in [0.5, 0.6) is 0 Å². The van der Waals surface area contributed by atoms with E-state index in [2.05, 4.69) is 23.2 Å². The summed E-state index contributed by atoms with van der Waals surface area (Å²) in [6.07, 6.45) is 1.82. The molecule has 0 amide bonds. The summed E-state index contributed by atoms with van der Waals surface area (Å²) in [5, 5.41) is 9.65. The van der Waals surface area contributed by atoms with E-state index in [-0.39, 0.29) is 0 Å². The number of hydrogen-bond acceptors (Lipinski definition) is 4. The molecule has 86 valence electrons. The molecule has 0 atom stereocenters. The highest BCUT2D eigenvalue weighted by atomic mass is 33.1. The van der Waals surface area contributed by atoms with Gasteiger partial charge in [-0.2, -0.15) is 5.26 Å². The van der Waals surface area contributed by atoms with Gasteiger partial charge in [-0.1, -0.05) is 35.1 Å². The van der Waals surface area contributed by atoms with Crippen LogP contribution in [0.2, 0.25) is 0 Å². The van der Waals surface area contributed by atoms with Gasteiger partial charge in [0.1, 0.15) is 11.8 Å². The van der Waals surface area contributed by atoms with Crippen molar-refractivity contribution in [2.75, 3.05) is 5.75 Å². The summed E-state index contributed by atoms with van der Waals surface area (Å²) in [5.41, 5.74) is 1.34. The molecule has 0 fully saturated rings. The first-order valence-electron chi connectivity index (χ1n) is 4.95. The molecule has 0 unspecified atom stereocenters. The van der Waals surface area contributed by atoms with Crippen molar-refractivity contribution in [1.29, 1.82) is 5.26 Å². The molecule has 0 spiro atoms. The first kappa shape index (κ1) is 13.6. The van der Waals surface area contributed by atoms with Gasteiger partial charge >= 0.3 is 0 Å². The lowest BCUT2D eigenvalue weighted by molar-refractivity contribution is 1.33. The minimum Gasteiger partial charge on any atom is -0.237 e. The number of hydrogen-bond donors (Lipinski definition) is 1. The van der Waals surface area contributed by atoms with Crippen molar-refractivity contribution in [2.45, 2.75) is 0 Å². The largest absolute Gasteiger partial charge is 0.237 e. The maximum absolute atomic E-state index is 8.58. The lowest BCUT2D eigenvalue weighted by atomic mass is 10.2. The number of para-hydroxylation sites is 1. The van der Waals surface area contributed by atoms with Crippen LogP contribution in [0.25, 0.3) is 10.9 Å². The van der Waals surface area contributed by atoms with Gasteiger partial charge in [0.05, 0.1) is 5.52 Å². The summed E-state index contributed by atoms with van der Waals surface area (Å²) >= 11 is 3.85. The van der Waals surface area contributed by atoms with Crippen molar-refractivity contribution in [3.63, 3.8) is 0 Å². The van der Waals surface area contributed by atoms with Gasteiger partial charge in [0.2, 0.25) is 0 Å². The van der Waals surface area contributed by atoms with Crippen LogP contribution in [-0.2, 0) is 0 Å². The van der Waals surface area contributed by atoms with Crippen LogP contribution < -0.4 is 0 Å². The molecule has 1 aromatic heterocycles. The molecule has 1 heterocycles. The second-order valence-corrected chi connectivity index (χ2v) is 4.45. The van der Waals surface area contributed by atoms with Gasteiger partial charge in [0.15, 0.2) is 0 Å². The molecule has 0 N–H and O–H groups in total. The third kappa shape index (κ3) is 4.51. The van der Waals surface area contributed by atoms with Gasteiger partial charge in [0.25, 0.3) is 0 Å². The summed E-state index contributed by atoms with van der Waals surface area (Å²) in [5.74, 6) is 0.934. The Labute approximate surface area is 110 Å². The van der Waals surface area contributed by atoms with Gasteiger partial charge in [-0.3, -0.25) is 0 Å². The molecule has 0 aliphatic carbocycles. The molecule has 0 aliphatic rings. The predicted octanol–water partition coefficient (Wildman–Crippen LogP) is 3.86. The van der Waals surface area contributed by atoms with Crippen LogP contribution in [0, 0.1) is 11.3 Å². The molecular formula is C13H12N2S2. The highest BCUT2D eigenvalue weighted by Crippen LogP contribution is 2.10. The zero-order valence-electron chi connectivity index (χ0n) is 9.21. The molecule has 0 saturated carbocycles. The van der Waals surface area contributed by atoms with Crippen molar-refractivity contribution in [1.82, 2.24) is 4.98 Å². The van der Waals surface area contributed by atoms with Gasteiger partial charge < -0.3 is 0 Å². The molecule has 1 aromatic carbocycles. The van der Waals surface area contributed by atoms with Crippen LogP contribution >= 0.6 is 22.5 Å². The number of rotatable bonds is 2. The fourth-order valence-corrected chi connectivity index (χ4v) is 1.60. The average Bonchev–Trinajstić information content (AvgIpc) is 2.40. The van der Waals surface area contributed by atoms with E-state index in [0.717, 1.165) is 16.7 Å². The topological polar surface area (TPSA) is 36.7 Å².